The number of aliphatic hydroxyl groups is 1. The third-order valence-corrected chi connectivity index (χ3v) is 1.91. The number of hydrogen-bond acceptors (Lipinski definition) is 5. The summed E-state index contributed by atoms with van der Waals surface area (Å²) < 4.78 is 4.33. The minimum absolute atomic E-state index is 0.225. The molecule has 0 aliphatic rings. The fourth-order valence-electron chi connectivity index (χ4n) is 1.05. The smallest absolute Gasteiger partial charge is 0.334 e. The standard InChI is InChI=1S/C12H12O5/c1-17-12(16)7-9(13)4-2-8-3-5-10(14)11(15)6-8/h2-7,13-15H,1H3. The quantitative estimate of drug-likeness (QED) is 0.244. The highest BCUT2D eigenvalue weighted by atomic mass is 16.5. The second-order valence-corrected chi connectivity index (χ2v) is 3.17. The van der Waals surface area contributed by atoms with E-state index in [1.165, 1.54) is 37.5 Å². The zero-order valence-electron chi connectivity index (χ0n) is 9.12. The Morgan fingerprint density at radius 2 is 2.00 bits per heavy atom. The van der Waals surface area contributed by atoms with E-state index in [1.54, 1.807) is 0 Å². The number of phenolic OH excluding ortho intramolecular Hbond substituents is 2. The number of benzene rings is 1. The normalized spacial score (nSPS) is 11.7. The lowest BCUT2D eigenvalue weighted by Gasteiger charge is -1.98. The Labute approximate surface area is 97.9 Å². The van der Waals surface area contributed by atoms with Gasteiger partial charge in [0.25, 0.3) is 0 Å². The first-order valence-electron chi connectivity index (χ1n) is 4.71. The highest BCUT2D eigenvalue weighted by Crippen LogP contribution is 2.25. The maximum absolute atomic E-state index is 10.8. The molecule has 0 aromatic heterocycles. The molecule has 90 valence electrons. The molecule has 0 amide bonds. The number of allylic oxidation sites excluding steroid dienone is 1. The minimum atomic E-state index is -0.666. The Kier molecular flexibility index (Phi) is 4.16. The molecule has 5 heteroatoms. The molecule has 0 aliphatic carbocycles. The summed E-state index contributed by atoms with van der Waals surface area (Å²) >= 11 is 0. The summed E-state index contributed by atoms with van der Waals surface area (Å²) in [5.74, 6) is -1.43. The second-order valence-electron chi connectivity index (χ2n) is 3.17. The largest absolute Gasteiger partial charge is 0.508 e. The van der Waals surface area contributed by atoms with E-state index in [9.17, 15) is 15.0 Å². The Bertz CT molecular complexity index is 474. The third kappa shape index (κ3) is 3.90. The zero-order valence-corrected chi connectivity index (χ0v) is 9.12. The van der Waals surface area contributed by atoms with E-state index in [0.29, 0.717) is 5.56 Å². The van der Waals surface area contributed by atoms with Gasteiger partial charge in [-0.05, 0) is 23.8 Å². The zero-order chi connectivity index (χ0) is 12.8. The van der Waals surface area contributed by atoms with Crippen molar-refractivity contribution in [2.45, 2.75) is 0 Å². The summed E-state index contributed by atoms with van der Waals surface area (Å²) in [5, 5.41) is 27.6. The van der Waals surface area contributed by atoms with Crippen molar-refractivity contribution in [1.29, 1.82) is 0 Å². The van der Waals surface area contributed by atoms with Gasteiger partial charge in [-0.15, -0.1) is 0 Å². The molecule has 0 atom stereocenters. The van der Waals surface area contributed by atoms with E-state index in [-0.39, 0.29) is 17.3 Å². The van der Waals surface area contributed by atoms with Gasteiger partial charge in [0.15, 0.2) is 11.5 Å². The Balaban J connectivity index is 2.80. The van der Waals surface area contributed by atoms with Crippen molar-refractivity contribution in [2.24, 2.45) is 0 Å². The Morgan fingerprint density at radius 3 is 2.59 bits per heavy atom. The molecular weight excluding hydrogens is 224 g/mol. The van der Waals surface area contributed by atoms with Crippen LogP contribution in [-0.4, -0.2) is 28.4 Å². The molecule has 1 rings (SSSR count). The van der Waals surface area contributed by atoms with Gasteiger partial charge in [-0.25, -0.2) is 4.79 Å². The number of esters is 1. The molecular formula is C12H12O5. The van der Waals surface area contributed by atoms with Crippen LogP contribution in [0.15, 0.2) is 36.1 Å². The van der Waals surface area contributed by atoms with E-state index in [2.05, 4.69) is 4.74 Å². The topological polar surface area (TPSA) is 87.0 Å². The van der Waals surface area contributed by atoms with Crippen LogP contribution in [0.3, 0.4) is 0 Å². The average Bonchev–Trinajstić information content (AvgIpc) is 2.30. The summed E-state index contributed by atoms with van der Waals surface area (Å²) in [6.07, 6.45) is 3.65. The van der Waals surface area contributed by atoms with Crippen LogP contribution in [-0.2, 0) is 9.53 Å². The fraction of sp³-hybridized carbons (Fsp3) is 0.0833. The van der Waals surface area contributed by atoms with Crippen molar-refractivity contribution in [3.8, 4) is 11.5 Å². The van der Waals surface area contributed by atoms with E-state index in [1.807, 2.05) is 0 Å². The lowest BCUT2D eigenvalue weighted by Crippen LogP contribution is -1.95. The lowest BCUT2D eigenvalue weighted by molar-refractivity contribution is -0.135. The molecule has 17 heavy (non-hydrogen) atoms. The molecule has 1 aromatic carbocycles. The van der Waals surface area contributed by atoms with Gasteiger partial charge in [0.2, 0.25) is 0 Å². The molecule has 0 spiro atoms. The lowest BCUT2D eigenvalue weighted by atomic mass is 10.2. The number of carbonyl (C=O) groups is 1. The molecule has 0 unspecified atom stereocenters. The average molecular weight is 236 g/mol. The highest BCUT2D eigenvalue weighted by Gasteiger charge is 1.99. The highest BCUT2D eigenvalue weighted by molar-refractivity contribution is 5.83. The predicted octanol–water partition coefficient (Wildman–Crippen LogP) is 1.73. The molecule has 1 aromatic rings. The van der Waals surface area contributed by atoms with Gasteiger partial charge in [0, 0.05) is 0 Å². The van der Waals surface area contributed by atoms with E-state index in [4.69, 9.17) is 5.11 Å². The molecule has 0 aliphatic heterocycles. The molecule has 3 N–H and O–H groups in total. The number of rotatable bonds is 3. The number of aliphatic hydroxyl groups excluding tert-OH is 1. The van der Waals surface area contributed by atoms with Crippen molar-refractivity contribution >= 4 is 12.0 Å². The summed E-state index contributed by atoms with van der Waals surface area (Å²) in [7, 11) is 1.20. The molecule has 0 fully saturated rings. The Hall–Kier alpha value is -2.43. The van der Waals surface area contributed by atoms with Crippen molar-refractivity contribution in [2.75, 3.05) is 7.11 Å². The number of methoxy groups -OCH3 is 1. The summed E-state index contributed by atoms with van der Waals surface area (Å²) in [6, 6.07) is 4.17. The van der Waals surface area contributed by atoms with Crippen LogP contribution < -0.4 is 0 Å². The van der Waals surface area contributed by atoms with Gasteiger partial charge in [-0.1, -0.05) is 12.1 Å². The number of ether oxygens (including phenoxy) is 1. The van der Waals surface area contributed by atoms with Gasteiger partial charge >= 0.3 is 5.97 Å². The summed E-state index contributed by atoms with van der Waals surface area (Å²) in [6.45, 7) is 0. The number of phenols is 2. The van der Waals surface area contributed by atoms with Crippen LogP contribution in [0.1, 0.15) is 5.56 Å². The van der Waals surface area contributed by atoms with Crippen molar-refractivity contribution in [3.05, 3.63) is 41.7 Å². The van der Waals surface area contributed by atoms with Gasteiger partial charge in [0.1, 0.15) is 5.76 Å². The second kappa shape index (κ2) is 5.60. The number of carbonyl (C=O) groups excluding carboxylic acids is 1. The predicted molar refractivity (Wildman–Crippen MR) is 61.5 cm³/mol. The van der Waals surface area contributed by atoms with Gasteiger partial charge in [-0.3, -0.25) is 0 Å². The van der Waals surface area contributed by atoms with Crippen LogP contribution in [0.2, 0.25) is 0 Å². The van der Waals surface area contributed by atoms with E-state index < -0.39 is 5.97 Å². The molecule has 0 bridgehead atoms. The van der Waals surface area contributed by atoms with Crippen LogP contribution in [0.5, 0.6) is 11.5 Å². The number of hydrogen-bond donors (Lipinski definition) is 3. The van der Waals surface area contributed by atoms with Gasteiger partial charge in [0.05, 0.1) is 13.2 Å². The fourth-order valence-corrected chi connectivity index (χ4v) is 1.05. The summed E-state index contributed by atoms with van der Waals surface area (Å²) in [5.41, 5.74) is 0.560. The molecule has 0 saturated heterocycles. The maximum Gasteiger partial charge on any atom is 0.334 e. The van der Waals surface area contributed by atoms with Crippen LogP contribution in [0.25, 0.3) is 6.08 Å². The van der Waals surface area contributed by atoms with Crippen molar-refractivity contribution in [1.82, 2.24) is 0 Å². The van der Waals surface area contributed by atoms with E-state index >= 15 is 0 Å². The van der Waals surface area contributed by atoms with E-state index in [0.717, 1.165) is 6.08 Å². The SMILES string of the molecule is COC(=O)C=C(O)C=Cc1ccc(O)c(O)c1. The molecule has 0 radical (unpaired) electrons. The molecule has 0 saturated carbocycles. The summed E-state index contributed by atoms with van der Waals surface area (Å²) in [4.78, 5) is 10.8. The molecule has 0 heterocycles. The van der Waals surface area contributed by atoms with Crippen LogP contribution in [0.4, 0.5) is 0 Å². The first-order chi connectivity index (χ1) is 8.02. The van der Waals surface area contributed by atoms with Crippen LogP contribution >= 0.6 is 0 Å². The Morgan fingerprint density at radius 1 is 1.29 bits per heavy atom. The van der Waals surface area contributed by atoms with Gasteiger partial charge < -0.3 is 20.1 Å². The first kappa shape index (κ1) is 12.6. The molecule has 5 nitrogen and oxygen atoms in total. The monoisotopic (exact) mass is 236 g/mol. The number of aromatic hydroxyl groups is 2. The van der Waals surface area contributed by atoms with Crippen molar-refractivity contribution < 1.29 is 24.9 Å². The van der Waals surface area contributed by atoms with Crippen molar-refractivity contribution in [3.63, 3.8) is 0 Å². The van der Waals surface area contributed by atoms with Gasteiger partial charge in [-0.2, -0.15) is 0 Å². The first-order valence-corrected chi connectivity index (χ1v) is 4.71. The minimum Gasteiger partial charge on any atom is -0.508 e. The maximum atomic E-state index is 10.8. The van der Waals surface area contributed by atoms with Crippen LogP contribution in [0, 0.1) is 0 Å². The third-order valence-electron chi connectivity index (χ3n) is 1.91.